The van der Waals surface area contributed by atoms with Crippen LogP contribution in [0.2, 0.25) is 0 Å². The molecular formula is C17H24F3N3O2. The van der Waals surface area contributed by atoms with Crippen LogP contribution in [0.3, 0.4) is 0 Å². The third kappa shape index (κ3) is 7.21. The summed E-state index contributed by atoms with van der Waals surface area (Å²) in [5, 5.41) is 3.05. The Balaban J connectivity index is 1.83. The summed E-state index contributed by atoms with van der Waals surface area (Å²) in [6.07, 6.45) is -2.22. The van der Waals surface area contributed by atoms with Crippen LogP contribution >= 0.6 is 0 Å². The van der Waals surface area contributed by atoms with Crippen molar-refractivity contribution in [3.63, 3.8) is 0 Å². The molecule has 0 saturated heterocycles. The maximum atomic E-state index is 12.5. The Labute approximate surface area is 145 Å². The number of hydrogen-bond acceptors (Lipinski definition) is 3. The number of alkyl halides is 3. The van der Waals surface area contributed by atoms with E-state index in [1.807, 2.05) is 11.9 Å². The first kappa shape index (κ1) is 19.4. The molecule has 25 heavy (non-hydrogen) atoms. The van der Waals surface area contributed by atoms with E-state index >= 15 is 0 Å². The maximum Gasteiger partial charge on any atom is 0.573 e. The van der Waals surface area contributed by atoms with E-state index in [0.717, 1.165) is 6.61 Å². The minimum Gasteiger partial charge on any atom is -0.405 e. The molecule has 0 radical (unpaired) electrons. The molecule has 0 aliphatic heterocycles. The first-order valence-corrected chi connectivity index (χ1v) is 8.22. The van der Waals surface area contributed by atoms with E-state index in [2.05, 4.69) is 15.0 Å². The van der Waals surface area contributed by atoms with Gasteiger partial charge in [-0.3, -0.25) is 4.99 Å². The second kappa shape index (κ2) is 8.94. The van der Waals surface area contributed by atoms with E-state index in [1.54, 1.807) is 19.2 Å². The number of nitrogens with one attached hydrogen (secondary N) is 1. The fourth-order valence-electron chi connectivity index (χ4n) is 2.28. The minimum atomic E-state index is -4.71. The number of benzene rings is 1. The molecule has 1 aromatic carbocycles. The number of likely N-dealkylation sites (N-methyl/N-ethyl adjacent to an activating group) is 1. The van der Waals surface area contributed by atoms with Crippen molar-refractivity contribution in [3.8, 4) is 5.75 Å². The molecule has 1 aliphatic carbocycles. The lowest BCUT2D eigenvalue weighted by atomic mass is 10.2. The molecular weight excluding hydrogens is 335 g/mol. The van der Waals surface area contributed by atoms with Crippen LogP contribution in [0, 0.1) is 5.92 Å². The first-order chi connectivity index (χ1) is 11.9. The van der Waals surface area contributed by atoms with Crippen LogP contribution in [-0.4, -0.2) is 51.1 Å². The molecule has 1 fully saturated rings. The van der Waals surface area contributed by atoms with Crippen molar-refractivity contribution in [1.82, 2.24) is 10.2 Å². The lowest BCUT2D eigenvalue weighted by molar-refractivity contribution is -0.274. The van der Waals surface area contributed by atoms with E-state index in [9.17, 15) is 13.2 Å². The van der Waals surface area contributed by atoms with Gasteiger partial charge in [0, 0.05) is 39.4 Å². The van der Waals surface area contributed by atoms with Crippen molar-refractivity contribution >= 4 is 5.96 Å². The average Bonchev–Trinajstić information content (AvgIpc) is 3.36. The molecule has 1 aromatic rings. The molecule has 8 heteroatoms. The Hall–Kier alpha value is -1.96. The largest absolute Gasteiger partial charge is 0.573 e. The van der Waals surface area contributed by atoms with Gasteiger partial charge in [-0.05, 0) is 24.8 Å². The van der Waals surface area contributed by atoms with Gasteiger partial charge in [-0.1, -0.05) is 18.2 Å². The Morgan fingerprint density at radius 1 is 1.32 bits per heavy atom. The van der Waals surface area contributed by atoms with Crippen molar-refractivity contribution in [3.05, 3.63) is 29.8 Å². The Bertz CT molecular complexity index is 575. The molecule has 1 N–H and O–H groups in total. The highest BCUT2D eigenvalue weighted by molar-refractivity contribution is 5.79. The molecule has 0 unspecified atom stereocenters. The first-order valence-electron chi connectivity index (χ1n) is 8.22. The van der Waals surface area contributed by atoms with E-state index in [-0.39, 0.29) is 12.3 Å². The number of nitrogens with zero attached hydrogens (tertiary/aromatic N) is 2. The van der Waals surface area contributed by atoms with Gasteiger partial charge in [-0.15, -0.1) is 13.2 Å². The third-order valence-electron chi connectivity index (χ3n) is 3.83. The van der Waals surface area contributed by atoms with E-state index in [1.165, 1.54) is 25.0 Å². The number of para-hydroxylation sites is 1. The lowest BCUT2D eigenvalue weighted by Gasteiger charge is -2.22. The smallest absolute Gasteiger partial charge is 0.405 e. The molecule has 0 amide bonds. The van der Waals surface area contributed by atoms with Gasteiger partial charge in [0.1, 0.15) is 5.75 Å². The van der Waals surface area contributed by atoms with Crippen molar-refractivity contribution in [2.45, 2.75) is 25.7 Å². The van der Waals surface area contributed by atoms with Gasteiger partial charge in [-0.25, -0.2) is 0 Å². The predicted octanol–water partition coefficient (Wildman–Crippen LogP) is 3.02. The molecule has 0 bridgehead atoms. The van der Waals surface area contributed by atoms with Crippen molar-refractivity contribution in [2.24, 2.45) is 10.9 Å². The van der Waals surface area contributed by atoms with Crippen molar-refractivity contribution < 1.29 is 22.6 Å². The summed E-state index contributed by atoms with van der Waals surface area (Å²) in [5.74, 6) is 1.08. The van der Waals surface area contributed by atoms with Gasteiger partial charge < -0.3 is 19.7 Å². The van der Waals surface area contributed by atoms with E-state index in [0.29, 0.717) is 30.6 Å². The van der Waals surface area contributed by atoms with Crippen molar-refractivity contribution in [1.29, 1.82) is 0 Å². The second-order valence-electron chi connectivity index (χ2n) is 6.00. The van der Waals surface area contributed by atoms with Crippen LogP contribution in [-0.2, 0) is 11.3 Å². The summed E-state index contributed by atoms with van der Waals surface area (Å²) in [7, 11) is 3.48. The molecule has 0 heterocycles. The number of rotatable bonds is 8. The summed E-state index contributed by atoms with van der Waals surface area (Å²) in [6, 6.07) is 6.05. The summed E-state index contributed by atoms with van der Waals surface area (Å²) >= 11 is 0. The quantitative estimate of drug-likeness (QED) is 0.440. The van der Waals surface area contributed by atoms with Crippen LogP contribution in [0.5, 0.6) is 5.75 Å². The highest BCUT2D eigenvalue weighted by Gasteiger charge is 2.32. The monoisotopic (exact) mass is 359 g/mol. The molecule has 0 atom stereocenters. The fourth-order valence-corrected chi connectivity index (χ4v) is 2.28. The molecule has 0 aromatic heterocycles. The fraction of sp³-hybridized carbons (Fsp3) is 0.588. The topological polar surface area (TPSA) is 46.1 Å². The zero-order valence-corrected chi connectivity index (χ0v) is 14.5. The highest BCUT2D eigenvalue weighted by Crippen LogP contribution is 2.28. The molecule has 1 saturated carbocycles. The van der Waals surface area contributed by atoms with Gasteiger partial charge in [0.25, 0.3) is 0 Å². The normalized spacial score (nSPS) is 15.2. The number of hydrogen-bond donors (Lipinski definition) is 1. The Kier molecular flexibility index (Phi) is 6.92. The van der Waals surface area contributed by atoms with Crippen LogP contribution in [0.1, 0.15) is 18.4 Å². The summed E-state index contributed by atoms with van der Waals surface area (Å²) < 4.78 is 47.0. The zero-order valence-electron chi connectivity index (χ0n) is 14.5. The number of halogens is 3. The van der Waals surface area contributed by atoms with Crippen LogP contribution in [0.4, 0.5) is 13.2 Å². The SMILES string of the molecule is CN=C(NCc1ccccc1OC(F)(F)F)N(C)CCOCC1CC1. The third-order valence-corrected chi connectivity index (χ3v) is 3.83. The number of aliphatic imine (C=N–C) groups is 1. The van der Waals surface area contributed by atoms with E-state index in [4.69, 9.17) is 4.74 Å². The minimum absolute atomic E-state index is 0.173. The van der Waals surface area contributed by atoms with Gasteiger partial charge in [0.05, 0.1) is 6.61 Å². The zero-order chi connectivity index (χ0) is 18.3. The Morgan fingerprint density at radius 3 is 2.68 bits per heavy atom. The van der Waals surface area contributed by atoms with Gasteiger partial charge in [0.15, 0.2) is 5.96 Å². The van der Waals surface area contributed by atoms with Crippen LogP contribution in [0.25, 0.3) is 0 Å². The molecule has 2 rings (SSSR count). The van der Waals surface area contributed by atoms with Crippen LogP contribution < -0.4 is 10.1 Å². The lowest BCUT2D eigenvalue weighted by Crippen LogP contribution is -2.40. The summed E-state index contributed by atoms with van der Waals surface area (Å²) in [4.78, 5) is 6.02. The average molecular weight is 359 g/mol. The predicted molar refractivity (Wildman–Crippen MR) is 89.5 cm³/mol. The molecule has 1 aliphatic rings. The molecule has 140 valence electrons. The van der Waals surface area contributed by atoms with Crippen molar-refractivity contribution in [2.75, 3.05) is 33.9 Å². The van der Waals surface area contributed by atoms with Crippen LogP contribution in [0.15, 0.2) is 29.3 Å². The summed E-state index contributed by atoms with van der Waals surface area (Å²) in [5.41, 5.74) is 0.402. The van der Waals surface area contributed by atoms with Gasteiger partial charge in [-0.2, -0.15) is 0 Å². The Morgan fingerprint density at radius 2 is 2.04 bits per heavy atom. The number of guanidine groups is 1. The van der Waals surface area contributed by atoms with Gasteiger partial charge in [0.2, 0.25) is 0 Å². The van der Waals surface area contributed by atoms with Gasteiger partial charge >= 0.3 is 6.36 Å². The maximum absolute atomic E-state index is 12.5. The molecule has 0 spiro atoms. The summed E-state index contributed by atoms with van der Waals surface area (Å²) in [6.45, 7) is 2.20. The standard InChI is InChI=1S/C17H24F3N3O2/c1-21-16(23(2)9-10-24-12-13-7-8-13)22-11-14-5-3-4-6-15(14)25-17(18,19)20/h3-6,13H,7-12H2,1-2H3,(H,21,22). The van der Waals surface area contributed by atoms with E-state index < -0.39 is 6.36 Å². The molecule has 5 nitrogen and oxygen atoms in total. The number of ether oxygens (including phenoxy) is 2. The highest BCUT2D eigenvalue weighted by atomic mass is 19.4. The second-order valence-corrected chi connectivity index (χ2v) is 6.00.